The SMILES string of the molecule is CN(C)CCN(C)C(=O)/C=C/c1cc2nc(-c3cccc4[nH]ncc34)nc(N3CCOCC3)c2s1. The Kier molecular flexibility index (Phi) is 6.76. The minimum atomic E-state index is -0.0175. The number of likely N-dealkylation sites (N-methyl/N-ethyl adjacent to an activating group) is 2. The van der Waals surface area contributed by atoms with Crippen LogP contribution in [0.2, 0.25) is 0 Å². The smallest absolute Gasteiger partial charge is 0.246 e. The van der Waals surface area contributed by atoms with Gasteiger partial charge in [-0.3, -0.25) is 9.89 Å². The minimum Gasteiger partial charge on any atom is -0.378 e. The number of amides is 1. The van der Waals surface area contributed by atoms with Crippen LogP contribution in [0.25, 0.3) is 38.6 Å². The van der Waals surface area contributed by atoms with Gasteiger partial charge in [-0.05, 0) is 32.3 Å². The van der Waals surface area contributed by atoms with E-state index in [1.165, 1.54) is 0 Å². The lowest BCUT2D eigenvalue weighted by Crippen LogP contribution is -2.36. The first-order valence-electron chi connectivity index (χ1n) is 11.6. The van der Waals surface area contributed by atoms with Gasteiger partial charge >= 0.3 is 0 Å². The largest absolute Gasteiger partial charge is 0.378 e. The number of hydrogen-bond acceptors (Lipinski definition) is 8. The zero-order valence-corrected chi connectivity index (χ0v) is 21.0. The van der Waals surface area contributed by atoms with Crippen LogP contribution in [0.4, 0.5) is 5.82 Å². The number of aromatic nitrogens is 4. The molecule has 1 amide bonds. The lowest BCUT2D eigenvalue weighted by Gasteiger charge is -2.28. The second-order valence-electron chi connectivity index (χ2n) is 8.87. The van der Waals surface area contributed by atoms with Crippen molar-refractivity contribution in [3.05, 3.63) is 41.4 Å². The summed E-state index contributed by atoms with van der Waals surface area (Å²) >= 11 is 1.61. The molecule has 1 aliphatic heterocycles. The van der Waals surface area contributed by atoms with Gasteiger partial charge in [-0.15, -0.1) is 11.3 Å². The number of morpholine rings is 1. The van der Waals surface area contributed by atoms with Crippen LogP contribution in [-0.4, -0.2) is 96.4 Å². The van der Waals surface area contributed by atoms with Crippen LogP contribution in [-0.2, 0) is 9.53 Å². The van der Waals surface area contributed by atoms with E-state index in [-0.39, 0.29) is 5.91 Å². The number of benzene rings is 1. The van der Waals surface area contributed by atoms with Crippen molar-refractivity contribution < 1.29 is 9.53 Å². The summed E-state index contributed by atoms with van der Waals surface area (Å²) < 4.78 is 6.59. The van der Waals surface area contributed by atoms with E-state index in [9.17, 15) is 4.79 Å². The standard InChI is InChI=1S/C25H29N7O2S/c1-30(2)9-10-31(3)22(33)8-7-17-15-21-23(35-17)25(32-11-13-34-14-12-32)28-24(27-21)18-5-4-6-20-19(18)16-26-29-20/h4-8,15-16H,9-14H2,1-3H3,(H,26,29)/b8-7+. The summed E-state index contributed by atoms with van der Waals surface area (Å²) in [5, 5.41) is 8.20. The van der Waals surface area contributed by atoms with Gasteiger partial charge in [-0.2, -0.15) is 5.10 Å². The van der Waals surface area contributed by atoms with Crippen molar-refractivity contribution in [1.82, 2.24) is 30.0 Å². The van der Waals surface area contributed by atoms with Gasteiger partial charge in [0.05, 0.1) is 35.1 Å². The van der Waals surface area contributed by atoms with Gasteiger partial charge in [0, 0.05) is 55.1 Å². The number of nitrogens with one attached hydrogen (secondary N) is 1. The van der Waals surface area contributed by atoms with Gasteiger partial charge in [-0.1, -0.05) is 12.1 Å². The highest BCUT2D eigenvalue weighted by atomic mass is 32.1. The van der Waals surface area contributed by atoms with Crippen LogP contribution in [0.5, 0.6) is 0 Å². The zero-order chi connectivity index (χ0) is 24.4. The maximum Gasteiger partial charge on any atom is 0.246 e. The van der Waals surface area contributed by atoms with Gasteiger partial charge in [0.15, 0.2) is 11.6 Å². The van der Waals surface area contributed by atoms with E-state index in [0.29, 0.717) is 25.6 Å². The monoisotopic (exact) mass is 491 g/mol. The van der Waals surface area contributed by atoms with Crippen molar-refractivity contribution in [2.24, 2.45) is 0 Å². The normalized spacial score (nSPS) is 14.6. The molecule has 9 nitrogen and oxygen atoms in total. The zero-order valence-electron chi connectivity index (χ0n) is 20.2. The Labute approximate surface area is 208 Å². The summed E-state index contributed by atoms with van der Waals surface area (Å²) in [5.41, 5.74) is 2.76. The first-order chi connectivity index (χ1) is 17.0. The summed E-state index contributed by atoms with van der Waals surface area (Å²) in [5.74, 6) is 1.56. The third-order valence-electron chi connectivity index (χ3n) is 6.06. The predicted molar refractivity (Wildman–Crippen MR) is 141 cm³/mol. The molecule has 5 rings (SSSR count). The first kappa shape index (κ1) is 23.4. The maximum absolute atomic E-state index is 12.6. The van der Waals surface area contributed by atoms with Crippen molar-refractivity contribution in [2.75, 3.05) is 65.4 Å². The highest BCUT2D eigenvalue weighted by molar-refractivity contribution is 7.20. The molecule has 1 N–H and O–H groups in total. The fraction of sp³-hybridized carbons (Fsp3) is 0.360. The number of ether oxygens (including phenoxy) is 1. The third kappa shape index (κ3) is 5.04. The fourth-order valence-corrected chi connectivity index (χ4v) is 5.05. The van der Waals surface area contributed by atoms with E-state index in [1.807, 2.05) is 57.7 Å². The highest BCUT2D eigenvalue weighted by Crippen LogP contribution is 2.36. The van der Waals surface area contributed by atoms with Crippen LogP contribution in [0.3, 0.4) is 0 Å². The second kappa shape index (κ2) is 10.1. The molecule has 0 bridgehead atoms. The molecule has 4 aromatic rings. The molecule has 0 aliphatic carbocycles. The molecule has 0 spiro atoms. The second-order valence-corrected chi connectivity index (χ2v) is 9.95. The molecular formula is C25H29N7O2S. The number of hydrogen-bond donors (Lipinski definition) is 1. The summed E-state index contributed by atoms with van der Waals surface area (Å²) in [4.78, 5) is 29.5. The molecule has 1 aliphatic rings. The molecule has 0 unspecified atom stereocenters. The highest BCUT2D eigenvalue weighted by Gasteiger charge is 2.21. The molecule has 0 atom stereocenters. The van der Waals surface area contributed by atoms with E-state index in [1.54, 1.807) is 22.3 Å². The average Bonchev–Trinajstić information content (AvgIpc) is 3.52. The van der Waals surface area contributed by atoms with Crippen LogP contribution in [0.1, 0.15) is 4.88 Å². The Morgan fingerprint density at radius 3 is 2.83 bits per heavy atom. The maximum atomic E-state index is 12.6. The molecule has 1 aromatic carbocycles. The summed E-state index contributed by atoms with van der Waals surface area (Å²) in [6.07, 6.45) is 5.32. The summed E-state index contributed by atoms with van der Waals surface area (Å²) in [7, 11) is 5.82. The van der Waals surface area contributed by atoms with Gasteiger partial charge in [-0.25, -0.2) is 9.97 Å². The molecule has 1 saturated heterocycles. The molecule has 0 saturated carbocycles. The Bertz CT molecular complexity index is 1370. The molecule has 10 heteroatoms. The molecule has 1 fully saturated rings. The number of thiophene rings is 1. The van der Waals surface area contributed by atoms with E-state index in [2.05, 4.69) is 20.0 Å². The fourth-order valence-electron chi connectivity index (χ4n) is 4.03. The first-order valence-corrected chi connectivity index (χ1v) is 12.5. The lowest BCUT2D eigenvalue weighted by molar-refractivity contribution is -0.124. The Hall–Kier alpha value is -3.34. The number of aromatic amines is 1. The van der Waals surface area contributed by atoms with Crippen LogP contribution >= 0.6 is 11.3 Å². The summed E-state index contributed by atoms with van der Waals surface area (Å²) in [6, 6.07) is 8.04. The van der Waals surface area contributed by atoms with E-state index in [0.717, 1.165) is 57.0 Å². The van der Waals surface area contributed by atoms with E-state index >= 15 is 0 Å². The van der Waals surface area contributed by atoms with Crippen molar-refractivity contribution in [2.45, 2.75) is 0 Å². The van der Waals surface area contributed by atoms with Crippen molar-refractivity contribution in [1.29, 1.82) is 0 Å². The number of carbonyl (C=O) groups is 1. The molecule has 4 heterocycles. The van der Waals surface area contributed by atoms with E-state index < -0.39 is 0 Å². The van der Waals surface area contributed by atoms with Crippen LogP contribution < -0.4 is 4.90 Å². The summed E-state index contributed by atoms with van der Waals surface area (Å²) in [6.45, 7) is 4.40. The van der Waals surface area contributed by atoms with Gasteiger partial charge in [0.2, 0.25) is 5.91 Å². The van der Waals surface area contributed by atoms with Crippen LogP contribution in [0, 0.1) is 0 Å². The number of nitrogens with zero attached hydrogens (tertiary/aromatic N) is 6. The van der Waals surface area contributed by atoms with Gasteiger partial charge < -0.3 is 19.4 Å². The lowest BCUT2D eigenvalue weighted by atomic mass is 10.1. The van der Waals surface area contributed by atoms with E-state index in [4.69, 9.17) is 14.7 Å². The molecule has 182 valence electrons. The topological polar surface area (TPSA) is 90.5 Å². The van der Waals surface area contributed by atoms with Crippen LogP contribution in [0.15, 0.2) is 36.5 Å². The number of H-pyrrole nitrogens is 1. The quantitative estimate of drug-likeness (QED) is 0.397. The van der Waals surface area contributed by atoms with Crippen molar-refractivity contribution in [3.8, 4) is 11.4 Å². The predicted octanol–water partition coefficient (Wildman–Crippen LogP) is 3.10. The molecule has 0 radical (unpaired) electrons. The Morgan fingerprint density at radius 2 is 2.03 bits per heavy atom. The molecule has 35 heavy (non-hydrogen) atoms. The molecular weight excluding hydrogens is 462 g/mol. The van der Waals surface area contributed by atoms with Crippen molar-refractivity contribution in [3.63, 3.8) is 0 Å². The average molecular weight is 492 g/mol. The Morgan fingerprint density at radius 1 is 1.20 bits per heavy atom. The third-order valence-corrected chi connectivity index (χ3v) is 7.14. The molecule has 3 aromatic heterocycles. The number of rotatable bonds is 7. The minimum absolute atomic E-state index is 0.0175. The van der Waals surface area contributed by atoms with Crippen molar-refractivity contribution >= 4 is 50.3 Å². The number of anilines is 1. The Balaban J connectivity index is 1.52. The van der Waals surface area contributed by atoms with Gasteiger partial charge in [0.1, 0.15) is 0 Å². The number of fused-ring (bicyclic) bond motifs is 2. The number of carbonyl (C=O) groups excluding carboxylic acids is 1. The van der Waals surface area contributed by atoms with Gasteiger partial charge in [0.25, 0.3) is 0 Å².